The number of carbonyl (C=O) groups is 3. The normalized spacial score (nSPS) is 8.30. The van der Waals surface area contributed by atoms with E-state index in [1.165, 1.54) is 0 Å². The molecule has 0 unspecified atom stereocenters. The van der Waals surface area contributed by atoms with Crippen molar-refractivity contribution in [1.29, 1.82) is 0 Å². The third kappa shape index (κ3) is 134000. The predicted molar refractivity (Wildman–Crippen MR) is 80.7 cm³/mol. The van der Waals surface area contributed by atoms with Crippen molar-refractivity contribution in [3.63, 3.8) is 0 Å². The van der Waals surface area contributed by atoms with E-state index >= 15 is 0 Å². The number of carboxylic acid groups (broad SMARTS) is 3. The van der Waals surface area contributed by atoms with E-state index in [4.69, 9.17) is 82.3 Å². The zero-order valence-electron chi connectivity index (χ0n) is 14.8. The van der Waals surface area contributed by atoms with Gasteiger partial charge in [0.25, 0.3) is 0 Å². The molecule has 0 amide bonds. The predicted octanol–water partition coefficient (Wildman–Crippen LogP) is -8.89. The van der Waals surface area contributed by atoms with Crippen molar-refractivity contribution in [3.8, 4) is 0 Å². The standard InChI is InChI=1S/3C2H4O2.3Al.3H2O4S/c3*1-2(3)4;;;;3*1-5(2,3)4/h3*1H3,(H,3,4);;;;3*(H2,1,2,3,4)/q;;;3*+3;;;/p-9. The first-order chi connectivity index (χ1) is 11.2. The molecular weight excluding hydrogens is 537 g/mol. The molecule has 0 aromatic heterocycles. The number of aliphatic carboxylic acids is 3. The Balaban J connectivity index is -0.0000000248. The summed E-state index contributed by atoms with van der Waals surface area (Å²) in [6, 6.07) is 0. The fraction of sp³-hybridized carbons (Fsp3) is 0.500. The van der Waals surface area contributed by atoms with E-state index in [0.717, 1.165) is 20.8 Å². The smallest absolute Gasteiger partial charge is 0.759 e. The van der Waals surface area contributed by atoms with E-state index in [0.29, 0.717) is 0 Å². The van der Waals surface area contributed by atoms with Gasteiger partial charge in [-0.25, -0.2) is 0 Å². The molecule has 0 saturated carbocycles. The first-order valence-electron chi connectivity index (χ1n) is 4.72. The Kier molecular flexibility index (Phi) is 58.6. The van der Waals surface area contributed by atoms with Crippen molar-refractivity contribution >= 4 is 101 Å². The van der Waals surface area contributed by atoms with E-state index in [1.54, 1.807) is 0 Å². The maximum absolute atomic E-state index is 8.89. The summed E-state index contributed by atoms with van der Waals surface area (Å²) in [6.45, 7) is 2.92. The van der Waals surface area contributed by atoms with Crippen LogP contribution in [0, 0.1) is 0 Å². The molecule has 0 aromatic rings. The Bertz CT molecular complexity index is 574. The number of carboxylic acids is 3. The first kappa shape index (κ1) is 57.1. The first-order valence-corrected chi connectivity index (χ1v) is 8.72. The summed E-state index contributed by atoms with van der Waals surface area (Å²) in [5.41, 5.74) is 0. The largest absolute Gasteiger partial charge is 3.00 e. The van der Waals surface area contributed by atoms with Crippen molar-refractivity contribution in [2.75, 3.05) is 0 Å². The summed E-state index contributed by atoms with van der Waals surface area (Å²) in [5, 5.41) is 26.7. The molecule has 0 aromatic carbocycles. The Morgan fingerprint density at radius 2 is 0.433 bits per heavy atom. The SMILES string of the molecule is CC(=O)[O-].CC(=O)[O-].CC(=O)[O-].O=S(=O)([O-])[O-].O=S(=O)([O-])[O-].O=S(=O)([O-])[O-].[Al+3].[Al+3].[Al+3]. The van der Waals surface area contributed by atoms with E-state index in [-0.39, 0.29) is 52.1 Å². The second-order valence-corrected chi connectivity index (χ2v) is 5.15. The Labute approximate surface area is 203 Å². The van der Waals surface area contributed by atoms with Crippen molar-refractivity contribution < 1.29 is 82.3 Å². The fourth-order valence-corrected chi connectivity index (χ4v) is 0. The minimum absolute atomic E-state index is 0. The van der Waals surface area contributed by atoms with Crippen molar-refractivity contribution in [2.24, 2.45) is 0 Å². The van der Waals surface area contributed by atoms with Gasteiger partial charge in [0, 0.05) is 49.1 Å². The van der Waals surface area contributed by atoms with Crippen molar-refractivity contribution in [1.82, 2.24) is 0 Å². The van der Waals surface area contributed by atoms with Crippen LogP contribution in [-0.2, 0) is 45.6 Å². The average Bonchev–Trinajstić information content (AvgIpc) is 2.01. The molecule has 168 valence electrons. The molecule has 0 aliphatic carbocycles. The van der Waals surface area contributed by atoms with Crippen molar-refractivity contribution in [3.05, 3.63) is 0 Å². The molecule has 24 heteroatoms. The Morgan fingerprint density at radius 1 is 0.433 bits per heavy atom. The minimum atomic E-state index is -5.17. The van der Waals surface area contributed by atoms with Gasteiger partial charge >= 0.3 is 52.1 Å². The second kappa shape index (κ2) is 30.8. The molecule has 0 rings (SSSR count). The maximum atomic E-state index is 8.89. The summed E-state index contributed by atoms with van der Waals surface area (Å²) >= 11 is 0. The molecule has 0 aliphatic heterocycles. The van der Waals surface area contributed by atoms with Crippen LogP contribution in [0.2, 0.25) is 0 Å². The van der Waals surface area contributed by atoms with Crippen LogP contribution >= 0.6 is 0 Å². The summed E-state index contributed by atoms with van der Waals surface area (Å²) in [6.07, 6.45) is 0. The third-order valence-corrected chi connectivity index (χ3v) is 0. The molecule has 0 radical (unpaired) electrons. The number of hydrogen-bond donors (Lipinski definition) is 0. The molecule has 0 heterocycles. The summed E-state index contributed by atoms with van der Waals surface area (Å²) < 4.78 is 102. The zero-order chi connectivity index (χ0) is 24.2. The fourth-order valence-electron chi connectivity index (χ4n) is 0. The molecule has 18 nitrogen and oxygen atoms in total. The van der Waals surface area contributed by atoms with E-state index in [2.05, 4.69) is 0 Å². The molecule has 0 spiro atoms. The van der Waals surface area contributed by atoms with Gasteiger partial charge in [-0.1, -0.05) is 0 Å². The van der Waals surface area contributed by atoms with Crippen LogP contribution < -0.4 is 15.3 Å². The molecule has 0 N–H and O–H groups in total. The molecule has 0 atom stereocenters. The molecule has 0 fully saturated rings. The summed E-state index contributed by atoms with van der Waals surface area (Å²) in [7, 11) is -15.5. The molecule has 0 bridgehead atoms. The van der Waals surface area contributed by atoms with Crippen LogP contribution in [0.15, 0.2) is 0 Å². The second-order valence-electron chi connectivity index (χ2n) is 2.70. The van der Waals surface area contributed by atoms with Gasteiger partial charge in [0.2, 0.25) is 0 Å². The topological polar surface area (TPSA) is 361 Å². The van der Waals surface area contributed by atoms with Gasteiger partial charge in [-0.05, 0) is 20.8 Å². The number of rotatable bonds is 0. The van der Waals surface area contributed by atoms with Gasteiger partial charge in [-0.3, -0.25) is 25.3 Å². The molecule has 0 saturated heterocycles. The van der Waals surface area contributed by atoms with E-state index in [9.17, 15) is 0 Å². The van der Waals surface area contributed by atoms with E-state index in [1.807, 2.05) is 0 Å². The van der Waals surface area contributed by atoms with Crippen LogP contribution in [0.25, 0.3) is 0 Å². The zero-order valence-corrected chi connectivity index (χ0v) is 20.7. The number of hydrogen-bond acceptors (Lipinski definition) is 18. The Morgan fingerprint density at radius 3 is 0.433 bits per heavy atom. The summed E-state index contributed by atoms with van der Waals surface area (Å²) in [4.78, 5) is 26.7. The van der Waals surface area contributed by atoms with Crippen LogP contribution in [0.3, 0.4) is 0 Å². The van der Waals surface area contributed by atoms with Gasteiger partial charge in [0.15, 0.2) is 0 Å². The maximum Gasteiger partial charge on any atom is 3.00 e. The van der Waals surface area contributed by atoms with Gasteiger partial charge < -0.3 is 57.0 Å². The Hall–Kier alpha value is -0.383. The van der Waals surface area contributed by atoms with Gasteiger partial charge in [-0.2, -0.15) is 0 Å². The van der Waals surface area contributed by atoms with E-state index < -0.39 is 49.1 Å². The van der Waals surface area contributed by atoms with Crippen LogP contribution in [0.1, 0.15) is 20.8 Å². The molecular formula is C6H9Al3O18S3. The van der Waals surface area contributed by atoms with Crippen LogP contribution in [0.4, 0.5) is 0 Å². The van der Waals surface area contributed by atoms with Gasteiger partial charge in [0.1, 0.15) is 0 Å². The van der Waals surface area contributed by atoms with Crippen LogP contribution in [0.5, 0.6) is 0 Å². The van der Waals surface area contributed by atoms with Crippen LogP contribution in [-0.4, -0.2) is 123 Å². The van der Waals surface area contributed by atoms with Crippen molar-refractivity contribution in [2.45, 2.75) is 20.8 Å². The van der Waals surface area contributed by atoms with Gasteiger partial charge in [0.05, 0.1) is 0 Å². The van der Waals surface area contributed by atoms with Gasteiger partial charge in [-0.15, -0.1) is 0 Å². The third-order valence-electron chi connectivity index (χ3n) is 0. The average molecular weight is 546 g/mol. The number of carbonyl (C=O) groups excluding carboxylic acids is 3. The minimum Gasteiger partial charge on any atom is -0.759 e. The summed E-state index contributed by atoms with van der Waals surface area (Å²) in [5.74, 6) is -3.25. The quantitative estimate of drug-likeness (QED) is 0.154. The monoisotopic (exact) mass is 546 g/mol. The molecule has 0 aliphatic rings. The molecule has 30 heavy (non-hydrogen) atoms.